The van der Waals surface area contributed by atoms with Gasteiger partial charge in [0.15, 0.2) is 0 Å². The first kappa shape index (κ1) is 17.0. The number of benzene rings is 1. The summed E-state index contributed by atoms with van der Waals surface area (Å²) in [5, 5.41) is 3.27. The standard InChI is InChI=1S/C15H22N2O2.ClH/c1-12-5-4-6-13(11-12)17(2)14(18)15(19-3)7-9-16-10-8-15;/h4-6,11,16H,7-10H2,1-3H3;1H. The molecule has 4 nitrogen and oxygen atoms in total. The van der Waals surface area contributed by atoms with Gasteiger partial charge in [0.2, 0.25) is 0 Å². The Morgan fingerprint density at radius 3 is 2.55 bits per heavy atom. The number of methoxy groups -OCH3 is 1. The van der Waals surface area contributed by atoms with Crippen LogP contribution < -0.4 is 10.2 Å². The number of piperidine rings is 1. The van der Waals surface area contributed by atoms with Crippen LogP contribution in [0, 0.1) is 6.92 Å². The monoisotopic (exact) mass is 298 g/mol. The molecule has 1 aromatic carbocycles. The lowest BCUT2D eigenvalue weighted by molar-refractivity contribution is -0.143. The van der Waals surface area contributed by atoms with Gasteiger partial charge in [-0.25, -0.2) is 0 Å². The maximum absolute atomic E-state index is 12.7. The minimum absolute atomic E-state index is 0. The fourth-order valence-corrected chi connectivity index (χ4v) is 2.60. The summed E-state index contributed by atoms with van der Waals surface area (Å²) in [5.41, 5.74) is 1.39. The van der Waals surface area contributed by atoms with Gasteiger partial charge < -0.3 is 15.0 Å². The summed E-state index contributed by atoms with van der Waals surface area (Å²) in [4.78, 5) is 14.4. The van der Waals surface area contributed by atoms with Crippen LogP contribution in [0.5, 0.6) is 0 Å². The fraction of sp³-hybridized carbons (Fsp3) is 0.533. The SMILES string of the molecule is COC1(C(=O)N(C)c2cccc(C)c2)CCNCC1.Cl. The zero-order chi connectivity index (χ0) is 13.9. The fourth-order valence-electron chi connectivity index (χ4n) is 2.60. The number of ether oxygens (including phenoxy) is 1. The summed E-state index contributed by atoms with van der Waals surface area (Å²) in [6, 6.07) is 7.96. The van der Waals surface area contributed by atoms with Gasteiger partial charge in [-0.1, -0.05) is 12.1 Å². The minimum Gasteiger partial charge on any atom is -0.368 e. The molecule has 2 rings (SSSR count). The van der Waals surface area contributed by atoms with Crippen LogP contribution in [0.25, 0.3) is 0 Å². The van der Waals surface area contributed by atoms with Crippen molar-refractivity contribution >= 4 is 24.0 Å². The number of halogens is 1. The zero-order valence-electron chi connectivity index (χ0n) is 12.3. The smallest absolute Gasteiger partial charge is 0.259 e. The van der Waals surface area contributed by atoms with E-state index in [0.717, 1.165) is 37.2 Å². The number of nitrogens with zero attached hydrogens (tertiary/aromatic N) is 1. The summed E-state index contributed by atoms with van der Waals surface area (Å²) in [5.74, 6) is 0.0436. The van der Waals surface area contributed by atoms with Crippen LogP contribution in [-0.4, -0.2) is 38.8 Å². The Bertz CT molecular complexity index is 459. The third-order valence-corrected chi connectivity index (χ3v) is 3.89. The molecule has 112 valence electrons. The molecule has 5 heteroatoms. The largest absolute Gasteiger partial charge is 0.368 e. The highest BCUT2D eigenvalue weighted by atomic mass is 35.5. The molecule has 0 aliphatic carbocycles. The maximum Gasteiger partial charge on any atom is 0.259 e. The Kier molecular flexibility index (Phi) is 5.99. The van der Waals surface area contributed by atoms with E-state index in [0.29, 0.717) is 0 Å². The molecule has 1 saturated heterocycles. The molecule has 1 aliphatic heterocycles. The van der Waals surface area contributed by atoms with E-state index >= 15 is 0 Å². The molecule has 0 saturated carbocycles. The molecule has 1 heterocycles. The lowest BCUT2D eigenvalue weighted by atomic mass is 9.90. The summed E-state index contributed by atoms with van der Waals surface area (Å²) >= 11 is 0. The predicted molar refractivity (Wildman–Crippen MR) is 83.7 cm³/mol. The number of carbonyl (C=O) groups is 1. The second-order valence-corrected chi connectivity index (χ2v) is 5.15. The molecular weight excluding hydrogens is 276 g/mol. The van der Waals surface area contributed by atoms with E-state index in [-0.39, 0.29) is 18.3 Å². The van der Waals surface area contributed by atoms with Crippen molar-refractivity contribution in [3.8, 4) is 0 Å². The number of nitrogens with one attached hydrogen (secondary N) is 1. The van der Waals surface area contributed by atoms with Crippen molar-refractivity contribution in [2.75, 3.05) is 32.1 Å². The molecule has 1 N–H and O–H groups in total. The van der Waals surface area contributed by atoms with Crippen LogP contribution in [0.2, 0.25) is 0 Å². The lowest BCUT2D eigenvalue weighted by Gasteiger charge is -2.37. The summed E-state index contributed by atoms with van der Waals surface area (Å²) in [6.45, 7) is 3.67. The quantitative estimate of drug-likeness (QED) is 0.930. The molecule has 1 fully saturated rings. The predicted octanol–water partition coefficient (Wildman–Crippen LogP) is 2.15. The molecule has 0 unspecified atom stereocenters. The number of rotatable bonds is 3. The molecule has 0 atom stereocenters. The second kappa shape index (κ2) is 7.07. The van der Waals surface area contributed by atoms with Crippen molar-refractivity contribution in [1.82, 2.24) is 5.32 Å². The van der Waals surface area contributed by atoms with Gasteiger partial charge in [-0.3, -0.25) is 4.79 Å². The number of carbonyl (C=O) groups excluding carboxylic acids is 1. The van der Waals surface area contributed by atoms with Gasteiger partial charge in [0, 0.05) is 19.8 Å². The molecule has 1 amide bonds. The number of hydrogen-bond donors (Lipinski definition) is 1. The van der Waals surface area contributed by atoms with Crippen LogP contribution in [0.3, 0.4) is 0 Å². The van der Waals surface area contributed by atoms with Crippen LogP contribution in [0.15, 0.2) is 24.3 Å². The van der Waals surface area contributed by atoms with Crippen LogP contribution in [0.1, 0.15) is 18.4 Å². The van der Waals surface area contributed by atoms with Crippen molar-refractivity contribution in [1.29, 1.82) is 0 Å². The van der Waals surface area contributed by atoms with E-state index in [1.807, 2.05) is 38.2 Å². The topological polar surface area (TPSA) is 41.6 Å². The van der Waals surface area contributed by atoms with Gasteiger partial charge in [-0.15, -0.1) is 12.4 Å². The van der Waals surface area contributed by atoms with E-state index in [4.69, 9.17) is 4.74 Å². The molecule has 1 aromatic rings. The number of hydrogen-bond acceptors (Lipinski definition) is 3. The van der Waals surface area contributed by atoms with E-state index < -0.39 is 5.60 Å². The normalized spacial score (nSPS) is 17.1. The molecular formula is C15H23ClN2O2. The summed E-state index contributed by atoms with van der Waals surface area (Å²) in [7, 11) is 3.45. The highest BCUT2D eigenvalue weighted by Crippen LogP contribution is 2.27. The zero-order valence-corrected chi connectivity index (χ0v) is 13.1. The van der Waals surface area contributed by atoms with Gasteiger partial charge in [0.1, 0.15) is 5.60 Å². The first-order valence-electron chi connectivity index (χ1n) is 6.70. The van der Waals surface area contributed by atoms with Gasteiger partial charge in [-0.2, -0.15) is 0 Å². The first-order valence-corrected chi connectivity index (χ1v) is 6.70. The number of aryl methyl sites for hydroxylation is 1. The van der Waals surface area contributed by atoms with Crippen molar-refractivity contribution in [2.45, 2.75) is 25.4 Å². The first-order chi connectivity index (χ1) is 9.09. The third kappa shape index (κ3) is 3.32. The number of amides is 1. The van der Waals surface area contributed by atoms with Crippen molar-refractivity contribution in [3.05, 3.63) is 29.8 Å². The number of anilines is 1. The Balaban J connectivity index is 0.00000200. The Morgan fingerprint density at radius 1 is 1.35 bits per heavy atom. The minimum atomic E-state index is -0.677. The number of likely N-dealkylation sites (N-methyl/N-ethyl adjacent to an activating group) is 1. The van der Waals surface area contributed by atoms with Crippen molar-refractivity contribution in [3.63, 3.8) is 0 Å². The average Bonchev–Trinajstić information content (AvgIpc) is 2.46. The van der Waals surface area contributed by atoms with E-state index in [2.05, 4.69) is 5.32 Å². The Hall–Kier alpha value is -1.10. The summed E-state index contributed by atoms with van der Waals surface area (Å²) < 4.78 is 5.58. The molecule has 1 aliphatic rings. The van der Waals surface area contributed by atoms with Gasteiger partial charge in [-0.05, 0) is 50.6 Å². The Morgan fingerprint density at radius 2 is 2.00 bits per heavy atom. The highest BCUT2D eigenvalue weighted by Gasteiger charge is 2.41. The van der Waals surface area contributed by atoms with E-state index in [1.54, 1.807) is 12.0 Å². The van der Waals surface area contributed by atoms with Crippen LogP contribution in [-0.2, 0) is 9.53 Å². The third-order valence-electron chi connectivity index (χ3n) is 3.89. The van der Waals surface area contributed by atoms with Gasteiger partial charge >= 0.3 is 0 Å². The van der Waals surface area contributed by atoms with Crippen molar-refractivity contribution < 1.29 is 9.53 Å². The Labute approximate surface area is 126 Å². The second-order valence-electron chi connectivity index (χ2n) is 5.15. The highest BCUT2D eigenvalue weighted by molar-refractivity contribution is 5.99. The van der Waals surface area contributed by atoms with Crippen molar-refractivity contribution in [2.24, 2.45) is 0 Å². The van der Waals surface area contributed by atoms with Gasteiger partial charge in [0.05, 0.1) is 0 Å². The maximum atomic E-state index is 12.7. The molecule has 0 radical (unpaired) electrons. The van der Waals surface area contributed by atoms with Gasteiger partial charge in [0.25, 0.3) is 5.91 Å². The molecule has 0 bridgehead atoms. The van der Waals surface area contributed by atoms with E-state index in [1.165, 1.54) is 0 Å². The lowest BCUT2D eigenvalue weighted by Crippen LogP contribution is -2.54. The molecule has 0 aromatic heterocycles. The van der Waals surface area contributed by atoms with Crippen LogP contribution in [0.4, 0.5) is 5.69 Å². The molecule has 0 spiro atoms. The van der Waals surface area contributed by atoms with E-state index in [9.17, 15) is 4.79 Å². The van der Waals surface area contributed by atoms with Crippen LogP contribution >= 0.6 is 12.4 Å². The molecule has 20 heavy (non-hydrogen) atoms. The average molecular weight is 299 g/mol. The summed E-state index contributed by atoms with van der Waals surface area (Å²) in [6.07, 6.45) is 1.44.